The Balaban J connectivity index is 2.88. The first-order valence-corrected chi connectivity index (χ1v) is 5.54. The van der Waals surface area contributed by atoms with Crippen LogP contribution in [-0.4, -0.2) is 24.7 Å². The van der Waals surface area contributed by atoms with Gasteiger partial charge in [-0.15, -0.1) is 10.2 Å². The van der Waals surface area contributed by atoms with E-state index in [9.17, 15) is 8.42 Å². The standard InChI is InChI=1S/C5H8N3O2S2/c1-4(2)8-12(9,10)5-7-6-3-11-5/h4,8H,1-2H3. The molecule has 0 aliphatic carbocycles. The van der Waals surface area contributed by atoms with E-state index in [0.717, 1.165) is 11.3 Å². The molecule has 0 bridgehead atoms. The van der Waals surface area contributed by atoms with E-state index in [2.05, 4.69) is 20.4 Å². The number of nitrogens with one attached hydrogen (secondary N) is 1. The lowest BCUT2D eigenvalue weighted by Crippen LogP contribution is -2.30. The molecule has 5 nitrogen and oxygen atoms in total. The monoisotopic (exact) mass is 206 g/mol. The summed E-state index contributed by atoms with van der Waals surface area (Å²) in [5, 5.41) is 6.72. The Morgan fingerprint density at radius 2 is 2.25 bits per heavy atom. The largest absolute Gasteiger partial charge is 0.270 e. The van der Waals surface area contributed by atoms with E-state index < -0.39 is 10.0 Å². The minimum Gasteiger partial charge on any atom is -0.207 e. The molecule has 0 unspecified atom stereocenters. The van der Waals surface area contributed by atoms with Crippen LogP contribution in [0.25, 0.3) is 0 Å². The van der Waals surface area contributed by atoms with Crippen LogP contribution in [0.1, 0.15) is 13.8 Å². The molecule has 67 valence electrons. The lowest BCUT2D eigenvalue weighted by molar-refractivity contribution is 0.568. The molecule has 0 aliphatic rings. The zero-order chi connectivity index (χ0) is 9.19. The molecule has 1 heterocycles. The van der Waals surface area contributed by atoms with Crippen molar-refractivity contribution in [1.29, 1.82) is 0 Å². The summed E-state index contributed by atoms with van der Waals surface area (Å²) >= 11 is 0.874. The second-order valence-electron chi connectivity index (χ2n) is 2.44. The van der Waals surface area contributed by atoms with Gasteiger partial charge in [0.15, 0.2) is 5.51 Å². The third-order valence-electron chi connectivity index (χ3n) is 0.926. The van der Waals surface area contributed by atoms with Gasteiger partial charge in [-0.25, -0.2) is 13.1 Å². The molecule has 12 heavy (non-hydrogen) atoms. The van der Waals surface area contributed by atoms with Gasteiger partial charge in [-0.3, -0.25) is 0 Å². The summed E-state index contributed by atoms with van der Waals surface area (Å²) in [6.07, 6.45) is 0. The molecule has 1 radical (unpaired) electrons. The van der Waals surface area contributed by atoms with Gasteiger partial charge >= 0.3 is 0 Å². The van der Waals surface area contributed by atoms with Gasteiger partial charge in [0.05, 0.1) is 0 Å². The lowest BCUT2D eigenvalue weighted by Gasteiger charge is -2.05. The smallest absolute Gasteiger partial charge is 0.207 e. The van der Waals surface area contributed by atoms with Gasteiger partial charge in [-0.2, -0.15) is 0 Å². The second-order valence-corrected chi connectivity index (χ2v) is 5.10. The van der Waals surface area contributed by atoms with Crippen LogP contribution >= 0.6 is 11.3 Å². The van der Waals surface area contributed by atoms with Crippen LogP contribution in [0.3, 0.4) is 0 Å². The molecule has 0 fully saturated rings. The van der Waals surface area contributed by atoms with Crippen LogP contribution in [0.2, 0.25) is 0 Å². The molecule has 0 amide bonds. The minimum atomic E-state index is -3.45. The maximum Gasteiger partial charge on any atom is 0.270 e. The SMILES string of the molecule is CC(C)NS(=O)(=O)c1nn[c]s1. The van der Waals surface area contributed by atoms with E-state index in [-0.39, 0.29) is 10.4 Å². The Kier molecular flexibility index (Phi) is 2.76. The molecular weight excluding hydrogens is 198 g/mol. The van der Waals surface area contributed by atoms with Crippen LogP contribution in [0.5, 0.6) is 0 Å². The predicted molar refractivity (Wildman–Crippen MR) is 44.2 cm³/mol. The second kappa shape index (κ2) is 3.46. The Morgan fingerprint density at radius 1 is 1.58 bits per heavy atom. The maximum absolute atomic E-state index is 11.3. The highest BCUT2D eigenvalue weighted by Crippen LogP contribution is 2.09. The van der Waals surface area contributed by atoms with Crippen molar-refractivity contribution in [3.63, 3.8) is 0 Å². The van der Waals surface area contributed by atoms with Gasteiger partial charge in [0, 0.05) is 6.04 Å². The highest BCUT2D eigenvalue weighted by Gasteiger charge is 2.18. The molecule has 1 aromatic heterocycles. The molecule has 0 atom stereocenters. The van der Waals surface area contributed by atoms with E-state index in [4.69, 9.17) is 0 Å². The van der Waals surface area contributed by atoms with Gasteiger partial charge < -0.3 is 0 Å². The van der Waals surface area contributed by atoms with Crippen LogP contribution in [0.4, 0.5) is 0 Å². The highest BCUT2D eigenvalue weighted by atomic mass is 32.2. The topological polar surface area (TPSA) is 72.0 Å². The van der Waals surface area contributed by atoms with Gasteiger partial charge in [-0.05, 0) is 13.8 Å². The third-order valence-corrected chi connectivity index (χ3v) is 3.59. The van der Waals surface area contributed by atoms with Crippen molar-refractivity contribution in [2.24, 2.45) is 0 Å². The number of aromatic nitrogens is 2. The quantitative estimate of drug-likeness (QED) is 0.757. The van der Waals surface area contributed by atoms with Crippen molar-refractivity contribution >= 4 is 21.4 Å². The Labute approximate surface area is 74.9 Å². The summed E-state index contributed by atoms with van der Waals surface area (Å²) in [7, 11) is -3.45. The lowest BCUT2D eigenvalue weighted by atomic mass is 10.4. The Bertz CT molecular complexity index is 330. The highest BCUT2D eigenvalue weighted by molar-refractivity contribution is 7.91. The van der Waals surface area contributed by atoms with Crippen LogP contribution in [0, 0.1) is 5.51 Å². The molecule has 0 aliphatic heterocycles. The number of nitrogens with zero attached hydrogens (tertiary/aromatic N) is 2. The first kappa shape index (κ1) is 9.56. The predicted octanol–water partition coefficient (Wildman–Crippen LogP) is 0.0250. The van der Waals surface area contributed by atoms with Crippen molar-refractivity contribution in [3.8, 4) is 0 Å². The average Bonchev–Trinajstić information content (AvgIpc) is 2.32. The van der Waals surface area contributed by atoms with Crippen molar-refractivity contribution in [2.45, 2.75) is 24.2 Å². The van der Waals surface area contributed by atoms with Crippen LogP contribution in [-0.2, 0) is 10.0 Å². The van der Waals surface area contributed by atoms with E-state index in [1.165, 1.54) is 0 Å². The van der Waals surface area contributed by atoms with Gasteiger partial charge in [0.25, 0.3) is 10.0 Å². The molecule has 1 N–H and O–H groups in total. The number of sulfonamides is 1. The van der Waals surface area contributed by atoms with E-state index in [1.54, 1.807) is 13.8 Å². The molecule has 7 heteroatoms. The van der Waals surface area contributed by atoms with E-state index in [0.29, 0.717) is 0 Å². The van der Waals surface area contributed by atoms with Crippen LogP contribution < -0.4 is 4.72 Å². The van der Waals surface area contributed by atoms with Crippen molar-refractivity contribution in [3.05, 3.63) is 5.51 Å². The Morgan fingerprint density at radius 3 is 2.67 bits per heavy atom. The minimum absolute atomic E-state index is 0.0452. The average molecular weight is 206 g/mol. The van der Waals surface area contributed by atoms with Crippen molar-refractivity contribution in [1.82, 2.24) is 14.9 Å². The zero-order valence-electron chi connectivity index (χ0n) is 6.60. The molecule has 0 spiro atoms. The summed E-state index contributed by atoms with van der Waals surface area (Å²) in [6.45, 7) is 3.48. The molecule has 1 aromatic rings. The van der Waals surface area contributed by atoms with Crippen LogP contribution in [0.15, 0.2) is 4.34 Å². The molecule has 0 saturated heterocycles. The first-order valence-electron chi connectivity index (χ1n) is 3.24. The summed E-state index contributed by atoms with van der Waals surface area (Å²) in [5.41, 5.74) is 2.37. The number of hydrogen-bond donors (Lipinski definition) is 1. The zero-order valence-corrected chi connectivity index (χ0v) is 8.24. The maximum atomic E-state index is 11.3. The number of rotatable bonds is 3. The van der Waals surface area contributed by atoms with E-state index >= 15 is 0 Å². The van der Waals surface area contributed by atoms with Crippen molar-refractivity contribution < 1.29 is 8.42 Å². The fourth-order valence-corrected chi connectivity index (χ4v) is 2.42. The summed E-state index contributed by atoms with van der Waals surface area (Å²) in [6, 6.07) is -0.140. The fraction of sp³-hybridized carbons (Fsp3) is 0.600. The summed E-state index contributed by atoms with van der Waals surface area (Å²) in [5.74, 6) is 0. The Hall–Kier alpha value is -0.530. The first-order chi connectivity index (χ1) is 5.52. The third kappa shape index (κ3) is 2.23. The van der Waals surface area contributed by atoms with Gasteiger partial charge in [-0.1, -0.05) is 11.3 Å². The van der Waals surface area contributed by atoms with Crippen molar-refractivity contribution in [2.75, 3.05) is 0 Å². The molecular formula is C5H8N3O2S2. The fourth-order valence-electron chi connectivity index (χ4n) is 0.610. The molecule has 0 aromatic carbocycles. The summed E-state index contributed by atoms with van der Waals surface area (Å²) < 4.78 is 24.9. The number of hydrogen-bond acceptors (Lipinski definition) is 5. The molecule has 1 rings (SSSR count). The van der Waals surface area contributed by atoms with Gasteiger partial charge in [0.2, 0.25) is 4.34 Å². The van der Waals surface area contributed by atoms with E-state index in [1.807, 2.05) is 0 Å². The molecule has 0 saturated carbocycles. The normalized spacial score (nSPS) is 12.2. The van der Waals surface area contributed by atoms with Gasteiger partial charge in [0.1, 0.15) is 0 Å². The summed E-state index contributed by atoms with van der Waals surface area (Å²) in [4.78, 5) is 0.